The second-order valence-electron chi connectivity index (χ2n) is 7.98. The molecule has 0 fully saturated rings. The highest BCUT2D eigenvalue weighted by Crippen LogP contribution is 2.33. The van der Waals surface area contributed by atoms with Gasteiger partial charge < -0.3 is 14.8 Å². The number of fused-ring (bicyclic) bond motifs is 1. The Hall–Kier alpha value is -3.99. The number of benzene rings is 1. The molecule has 182 valence electrons. The molecule has 3 heterocycles. The molecule has 0 aliphatic heterocycles. The number of aromatic nitrogens is 5. The van der Waals surface area contributed by atoms with Crippen LogP contribution in [0.25, 0.3) is 16.7 Å². The first-order valence-electron chi connectivity index (χ1n) is 10.8. The molecule has 35 heavy (non-hydrogen) atoms. The third kappa shape index (κ3) is 5.40. The Kier molecular flexibility index (Phi) is 6.97. The van der Waals surface area contributed by atoms with Crippen molar-refractivity contribution in [2.45, 2.75) is 32.3 Å². The van der Waals surface area contributed by atoms with Crippen LogP contribution in [0.3, 0.4) is 0 Å². The van der Waals surface area contributed by atoms with Crippen molar-refractivity contribution in [3.63, 3.8) is 0 Å². The number of para-hydroxylation sites is 1. The number of rotatable bonds is 9. The first-order valence-corrected chi connectivity index (χ1v) is 10.8. The van der Waals surface area contributed by atoms with Gasteiger partial charge >= 0.3 is 0 Å². The van der Waals surface area contributed by atoms with E-state index in [1.54, 1.807) is 18.3 Å². The molecule has 4 rings (SSSR count). The maximum absolute atomic E-state index is 14.2. The predicted molar refractivity (Wildman–Crippen MR) is 125 cm³/mol. The van der Waals surface area contributed by atoms with Crippen LogP contribution in [-0.2, 0) is 15.5 Å². The standard InChI is InChI=1S/C24H24F2N6O3/c1-15-8-9-20(27-12-15)31-22(33)19(10-11-34-3)35-23-16-13-30-32(21(16)28-14-29-23)18-7-5-4-6-17(18)24(2,25)26/h4-9,12-14,19H,10-11H2,1-3H3,(H,27,31,33). The van der Waals surface area contributed by atoms with Gasteiger partial charge in [-0.2, -0.15) is 5.10 Å². The molecule has 1 amide bonds. The topological polar surface area (TPSA) is 104 Å². The second kappa shape index (κ2) is 10.1. The van der Waals surface area contributed by atoms with E-state index in [2.05, 4.69) is 25.4 Å². The fourth-order valence-electron chi connectivity index (χ4n) is 3.47. The molecule has 3 aromatic heterocycles. The number of hydrogen-bond acceptors (Lipinski definition) is 7. The van der Waals surface area contributed by atoms with Crippen molar-refractivity contribution in [1.29, 1.82) is 0 Å². The molecule has 0 saturated carbocycles. The van der Waals surface area contributed by atoms with E-state index in [1.807, 2.05) is 13.0 Å². The highest BCUT2D eigenvalue weighted by atomic mass is 19.3. The number of ether oxygens (including phenoxy) is 2. The van der Waals surface area contributed by atoms with E-state index in [0.717, 1.165) is 12.5 Å². The minimum absolute atomic E-state index is 0.0927. The van der Waals surface area contributed by atoms with E-state index in [0.29, 0.717) is 11.2 Å². The van der Waals surface area contributed by atoms with Crippen molar-refractivity contribution in [1.82, 2.24) is 24.7 Å². The van der Waals surface area contributed by atoms with Crippen molar-refractivity contribution < 1.29 is 23.0 Å². The van der Waals surface area contributed by atoms with Crippen LogP contribution in [0.4, 0.5) is 14.6 Å². The van der Waals surface area contributed by atoms with E-state index in [-0.39, 0.29) is 35.8 Å². The van der Waals surface area contributed by atoms with Gasteiger partial charge in [0.1, 0.15) is 17.5 Å². The van der Waals surface area contributed by atoms with Crippen LogP contribution in [0, 0.1) is 6.92 Å². The van der Waals surface area contributed by atoms with Crippen LogP contribution in [0.1, 0.15) is 24.5 Å². The lowest BCUT2D eigenvalue weighted by atomic mass is 10.1. The summed E-state index contributed by atoms with van der Waals surface area (Å²) in [6.45, 7) is 2.97. The Labute approximate surface area is 200 Å². The molecular weight excluding hydrogens is 458 g/mol. The lowest BCUT2D eigenvalue weighted by Crippen LogP contribution is -2.34. The van der Waals surface area contributed by atoms with E-state index in [1.165, 1.54) is 42.5 Å². The van der Waals surface area contributed by atoms with Crippen molar-refractivity contribution in [3.8, 4) is 11.6 Å². The Balaban J connectivity index is 1.66. The summed E-state index contributed by atoms with van der Waals surface area (Å²) >= 11 is 0. The average molecular weight is 482 g/mol. The molecule has 1 N–H and O–H groups in total. The minimum Gasteiger partial charge on any atom is -0.464 e. The summed E-state index contributed by atoms with van der Waals surface area (Å²) in [5.74, 6) is -3.05. The van der Waals surface area contributed by atoms with E-state index >= 15 is 0 Å². The van der Waals surface area contributed by atoms with Crippen LogP contribution in [0.5, 0.6) is 5.88 Å². The molecule has 0 spiro atoms. The lowest BCUT2D eigenvalue weighted by Gasteiger charge is -2.18. The summed E-state index contributed by atoms with van der Waals surface area (Å²) in [4.78, 5) is 25.5. The number of alkyl halides is 2. The summed E-state index contributed by atoms with van der Waals surface area (Å²) in [6, 6.07) is 9.56. The highest BCUT2D eigenvalue weighted by Gasteiger charge is 2.29. The van der Waals surface area contributed by atoms with Crippen molar-refractivity contribution in [2.75, 3.05) is 19.0 Å². The van der Waals surface area contributed by atoms with Crippen LogP contribution < -0.4 is 10.1 Å². The van der Waals surface area contributed by atoms with Gasteiger partial charge in [0.15, 0.2) is 11.8 Å². The van der Waals surface area contributed by atoms with Crippen molar-refractivity contribution in [2.24, 2.45) is 0 Å². The minimum atomic E-state index is -3.09. The Morgan fingerprint density at radius 3 is 2.66 bits per heavy atom. The largest absolute Gasteiger partial charge is 0.464 e. The number of pyridine rings is 1. The lowest BCUT2D eigenvalue weighted by molar-refractivity contribution is -0.123. The molecule has 11 heteroatoms. The Bertz CT molecular complexity index is 1320. The third-order valence-corrected chi connectivity index (χ3v) is 5.23. The summed E-state index contributed by atoms with van der Waals surface area (Å²) < 4.78 is 40.8. The number of carbonyl (C=O) groups excluding carboxylic acids is 1. The molecule has 0 saturated heterocycles. The van der Waals surface area contributed by atoms with Crippen LogP contribution in [0.2, 0.25) is 0 Å². The Morgan fingerprint density at radius 1 is 1.14 bits per heavy atom. The molecule has 1 unspecified atom stereocenters. The number of nitrogens with one attached hydrogen (secondary N) is 1. The molecule has 1 atom stereocenters. The number of carbonyl (C=O) groups is 1. The molecule has 4 aromatic rings. The van der Waals surface area contributed by atoms with Gasteiger partial charge in [-0.25, -0.2) is 28.4 Å². The number of halogens is 2. The molecule has 9 nitrogen and oxygen atoms in total. The fraction of sp³-hybridized carbons (Fsp3) is 0.292. The molecule has 1 aromatic carbocycles. The normalized spacial score (nSPS) is 12.5. The molecule has 0 aliphatic carbocycles. The monoisotopic (exact) mass is 482 g/mol. The third-order valence-electron chi connectivity index (χ3n) is 5.23. The molecule has 0 radical (unpaired) electrons. The summed E-state index contributed by atoms with van der Waals surface area (Å²) in [6.07, 6.45) is 3.56. The van der Waals surface area contributed by atoms with Gasteiger partial charge in [0.05, 0.1) is 18.5 Å². The zero-order valence-corrected chi connectivity index (χ0v) is 19.4. The number of nitrogens with zero attached hydrogens (tertiary/aromatic N) is 5. The van der Waals surface area contributed by atoms with Gasteiger partial charge in [0.25, 0.3) is 11.8 Å². The SMILES string of the molecule is COCCC(Oc1ncnc2c1cnn2-c1ccccc1C(C)(F)F)C(=O)Nc1ccc(C)cn1. The smallest absolute Gasteiger partial charge is 0.272 e. The second-order valence-corrected chi connectivity index (χ2v) is 7.98. The summed E-state index contributed by atoms with van der Waals surface area (Å²) in [5, 5.41) is 7.35. The predicted octanol–water partition coefficient (Wildman–Crippen LogP) is 4.05. The molecule has 0 bridgehead atoms. The van der Waals surface area contributed by atoms with Crippen LogP contribution >= 0.6 is 0 Å². The first kappa shape index (κ1) is 24.1. The van der Waals surface area contributed by atoms with E-state index < -0.39 is 17.9 Å². The Morgan fingerprint density at radius 2 is 1.94 bits per heavy atom. The molecular formula is C24H24F2N6O3. The fourth-order valence-corrected chi connectivity index (χ4v) is 3.47. The van der Waals surface area contributed by atoms with E-state index in [4.69, 9.17) is 9.47 Å². The van der Waals surface area contributed by atoms with Gasteiger partial charge in [-0.05, 0) is 24.6 Å². The number of methoxy groups -OCH3 is 1. The van der Waals surface area contributed by atoms with Crippen molar-refractivity contribution >= 4 is 22.8 Å². The number of hydrogen-bond donors (Lipinski definition) is 1. The molecule has 0 aliphatic rings. The summed E-state index contributed by atoms with van der Waals surface area (Å²) in [5.41, 5.74) is 1.20. The van der Waals surface area contributed by atoms with Gasteiger partial charge in [-0.15, -0.1) is 0 Å². The number of aryl methyl sites for hydroxylation is 1. The van der Waals surface area contributed by atoms with Gasteiger partial charge in [-0.1, -0.05) is 24.3 Å². The first-order chi connectivity index (χ1) is 16.8. The average Bonchev–Trinajstić information content (AvgIpc) is 3.27. The zero-order chi connectivity index (χ0) is 25.0. The van der Waals surface area contributed by atoms with Crippen LogP contribution in [0.15, 0.2) is 55.1 Å². The highest BCUT2D eigenvalue weighted by molar-refractivity contribution is 5.94. The zero-order valence-electron chi connectivity index (χ0n) is 19.4. The van der Waals surface area contributed by atoms with Gasteiger partial charge in [0, 0.05) is 32.2 Å². The number of anilines is 1. The number of amides is 1. The van der Waals surface area contributed by atoms with Crippen molar-refractivity contribution in [3.05, 3.63) is 66.2 Å². The van der Waals surface area contributed by atoms with Gasteiger partial charge in [0.2, 0.25) is 5.88 Å². The maximum Gasteiger partial charge on any atom is 0.272 e. The maximum atomic E-state index is 14.2. The summed E-state index contributed by atoms with van der Waals surface area (Å²) in [7, 11) is 1.52. The van der Waals surface area contributed by atoms with E-state index in [9.17, 15) is 13.6 Å². The quantitative estimate of drug-likeness (QED) is 0.384. The van der Waals surface area contributed by atoms with Crippen LogP contribution in [-0.4, -0.2) is 50.5 Å². The van der Waals surface area contributed by atoms with Gasteiger partial charge in [-0.3, -0.25) is 4.79 Å².